The van der Waals surface area contributed by atoms with Crippen LogP contribution in [0.1, 0.15) is 37.8 Å². The monoisotopic (exact) mass is 328 g/mol. The van der Waals surface area contributed by atoms with Gasteiger partial charge in [0.15, 0.2) is 0 Å². The zero-order chi connectivity index (χ0) is 17.5. The Bertz CT molecular complexity index is 789. The van der Waals surface area contributed by atoms with Gasteiger partial charge in [-0.05, 0) is 50.8 Å². The molecule has 0 atom stereocenters. The molecule has 128 valence electrons. The Hall–Kier alpha value is -2.56. The van der Waals surface area contributed by atoms with Crippen molar-refractivity contribution in [2.45, 2.75) is 33.1 Å². The maximum absolute atomic E-state index is 12.3. The molecule has 0 bridgehead atoms. The van der Waals surface area contributed by atoms with Gasteiger partial charge in [-0.1, -0.05) is 11.2 Å². The lowest BCUT2D eigenvalue weighted by molar-refractivity contribution is 0.321. The van der Waals surface area contributed by atoms with E-state index in [0.717, 1.165) is 48.8 Å². The smallest absolute Gasteiger partial charge is 0.345 e. The summed E-state index contributed by atoms with van der Waals surface area (Å²) in [6.45, 7) is 9.67. The molecule has 1 heterocycles. The standard InChI is InChI=1S/C19H24N2O3/c1-4-7-8-9-15-16-11-10-14(21(5-2)6-3)12-18(16)24-19(22)17(15)13-20-23/h4,10-13,23H,1,5-9H2,2-3H3/b20-13+. The van der Waals surface area contributed by atoms with Crippen LogP contribution in [0.25, 0.3) is 11.0 Å². The minimum Gasteiger partial charge on any atom is -0.422 e. The molecular weight excluding hydrogens is 304 g/mol. The summed E-state index contributed by atoms with van der Waals surface area (Å²) < 4.78 is 5.47. The lowest BCUT2D eigenvalue weighted by atomic mass is 9.99. The molecular formula is C19H24N2O3. The fourth-order valence-corrected chi connectivity index (χ4v) is 2.93. The van der Waals surface area contributed by atoms with Crippen LogP contribution in [0.4, 0.5) is 5.69 Å². The minimum absolute atomic E-state index is 0.310. The first kappa shape index (κ1) is 17.8. The zero-order valence-electron chi connectivity index (χ0n) is 14.3. The van der Waals surface area contributed by atoms with Crippen molar-refractivity contribution >= 4 is 22.9 Å². The number of oxime groups is 1. The van der Waals surface area contributed by atoms with E-state index in [-0.39, 0.29) is 0 Å². The first-order chi connectivity index (χ1) is 11.7. The second-order valence-corrected chi connectivity index (χ2v) is 5.56. The summed E-state index contributed by atoms with van der Waals surface area (Å²) in [6, 6.07) is 5.91. The summed E-state index contributed by atoms with van der Waals surface area (Å²) in [4.78, 5) is 14.5. The summed E-state index contributed by atoms with van der Waals surface area (Å²) in [5.41, 5.74) is 2.27. The number of benzene rings is 1. The van der Waals surface area contributed by atoms with Gasteiger partial charge in [-0.25, -0.2) is 4.79 Å². The van der Waals surface area contributed by atoms with Crippen LogP contribution in [0, 0.1) is 0 Å². The van der Waals surface area contributed by atoms with Crippen LogP contribution < -0.4 is 10.5 Å². The number of allylic oxidation sites excluding steroid dienone is 1. The summed E-state index contributed by atoms with van der Waals surface area (Å²) >= 11 is 0. The van der Waals surface area contributed by atoms with Crippen LogP contribution in [-0.4, -0.2) is 24.5 Å². The van der Waals surface area contributed by atoms with Gasteiger partial charge >= 0.3 is 5.63 Å². The lowest BCUT2D eigenvalue weighted by Crippen LogP contribution is -2.21. The molecule has 0 radical (unpaired) electrons. The molecule has 5 nitrogen and oxygen atoms in total. The van der Waals surface area contributed by atoms with Crippen molar-refractivity contribution in [2.75, 3.05) is 18.0 Å². The number of nitrogens with zero attached hydrogens (tertiary/aromatic N) is 2. The van der Waals surface area contributed by atoms with Gasteiger partial charge in [0.25, 0.3) is 0 Å². The highest BCUT2D eigenvalue weighted by atomic mass is 16.4. The van der Waals surface area contributed by atoms with E-state index < -0.39 is 5.63 Å². The van der Waals surface area contributed by atoms with Gasteiger partial charge in [-0.2, -0.15) is 0 Å². The van der Waals surface area contributed by atoms with E-state index in [1.165, 1.54) is 0 Å². The van der Waals surface area contributed by atoms with E-state index in [2.05, 4.69) is 30.5 Å². The first-order valence-electron chi connectivity index (χ1n) is 8.29. The summed E-state index contributed by atoms with van der Waals surface area (Å²) in [6.07, 6.45) is 5.43. The number of hydrogen-bond donors (Lipinski definition) is 1. The van der Waals surface area contributed by atoms with Crippen LogP contribution in [0.5, 0.6) is 0 Å². The van der Waals surface area contributed by atoms with E-state index in [1.807, 2.05) is 24.3 Å². The van der Waals surface area contributed by atoms with Crippen molar-refractivity contribution in [3.63, 3.8) is 0 Å². The topological polar surface area (TPSA) is 66.0 Å². The minimum atomic E-state index is -0.481. The molecule has 1 N–H and O–H groups in total. The van der Waals surface area contributed by atoms with Crippen LogP contribution in [-0.2, 0) is 6.42 Å². The normalized spacial score (nSPS) is 11.2. The molecule has 0 spiro atoms. The summed E-state index contributed by atoms with van der Waals surface area (Å²) in [7, 11) is 0. The lowest BCUT2D eigenvalue weighted by Gasteiger charge is -2.21. The molecule has 1 aromatic carbocycles. The number of fused-ring (bicyclic) bond motifs is 1. The molecule has 5 heteroatoms. The van der Waals surface area contributed by atoms with Crippen LogP contribution >= 0.6 is 0 Å². The van der Waals surface area contributed by atoms with Gasteiger partial charge in [0.2, 0.25) is 0 Å². The number of anilines is 1. The largest absolute Gasteiger partial charge is 0.422 e. The number of rotatable bonds is 8. The maximum atomic E-state index is 12.3. The number of aryl methyl sites for hydroxylation is 1. The molecule has 0 saturated carbocycles. The zero-order valence-corrected chi connectivity index (χ0v) is 14.3. The highest BCUT2D eigenvalue weighted by Crippen LogP contribution is 2.26. The Morgan fingerprint density at radius 3 is 2.71 bits per heavy atom. The van der Waals surface area contributed by atoms with Gasteiger partial charge in [0.1, 0.15) is 5.58 Å². The Kier molecular flexibility index (Phi) is 6.18. The second kappa shape index (κ2) is 8.34. The SMILES string of the molecule is C=CCCCc1c(/C=N/O)c(=O)oc2cc(N(CC)CC)ccc12. The number of unbranched alkanes of at least 4 members (excludes halogenated alkanes) is 1. The Labute approximate surface area is 141 Å². The van der Waals surface area contributed by atoms with E-state index in [4.69, 9.17) is 9.62 Å². The van der Waals surface area contributed by atoms with Crippen LogP contribution in [0.2, 0.25) is 0 Å². The second-order valence-electron chi connectivity index (χ2n) is 5.56. The average molecular weight is 328 g/mol. The predicted octanol–water partition coefficient (Wildman–Crippen LogP) is 3.96. The fraction of sp³-hybridized carbons (Fsp3) is 0.368. The van der Waals surface area contributed by atoms with Crippen LogP contribution in [0.15, 0.2) is 45.2 Å². The highest BCUT2D eigenvalue weighted by molar-refractivity contribution is 5.91. The highest BCUT2D eigenvalue weighted by Gasteiger charge is 2.14. The van der Waals surface area contributed by atoms with Gasteiger partial charge in [0.05, 0.1) is 11.8 Å². The van der Waals surface area contributed by atoms with Crippen molar-refractivity contribution < 1.29 is 9.62 Å². The van der Waals surface area contributed by atoms with Gasteiger partial charge in [0, 0.05) is 30.2 Å². The number of hydrogen-bond acceptors (Lipinski definition) is 5. The van der Waals surface area contributed by atoms with Gasteiger partial charge in [-0.15, -0.1) is 6.58 Å². The molecule has 1 aromatic heterocycles. The Balaban J connectivity index is 2.61. The first-order valence-corrected chi connectivity index (χ1v) is 8.29. The van der Waals surface area contributed by atoms with Gasteiger partial charge in [-0.3, -0.25) is 0 Å². The molecule has 24 heavy (non-hydrogen) atoms. The van der Waals surface area contributed by atoms with Gasteiger partial charge < -0.3 is 14.5 Å². The molecule has 2 aromatic rings. The van der Waals surface area contributed by atoms with E-state index in [9.17, 15) is 4.79 Å². The molecule has 0 unspecified atom stereocenters. The molecule has 0 amide bonds. The van der Waals surface area contributed by atoms with E-state index >= 15 is 0 Å². The van der Waals surface area contributed by atoms with Crippen molar-refractivity contribution in [3.05, 3.63) is 52.4 Å². The predicted molar refractivity (Wildman–Crippen MR) is 98.6 cm³/mol. The molecule has 2 rings (SSSR count). The Morgan fingerprint density at radius 2 is 2.08 bits per heavy atom. The van der Waals surface area contributed by atoms with Crippen molar-refractivity contribution in [3.8, 4) is 0 Å². The molecule has 0 aliphatic rings. The Morgan fingerprint density at radius 1 is 1.33 bits per heavy atom. The third-order valence-corrected chi connectivity index (χ3v) is 4.19. The van der Waals surface area contributed by atoms with Crippen molar-refractivity contribution in [2.24, 2.45) is 5.16 Å². The van der Waals surface area contributed by atoms with E-state index in [0.29, 0.717) is 17.6 Å². The third-order valence-electron chi connectivity index (χ3n) is 4.19. The van der Waals surface area contributed by atoms with Crippen molar-refractivity contribution in [1.29, 1.82) is 0 Å². The molecule has 0 aliphatic carbocycles. The summed E-state index contributed by atoms with van der Waals surface area (Å²) in [5.74, 6) is 0. The molecule has 0 saturated heterocycles. The van der Waals surface area contributed by atoms with Crippen molar-refractivity contribution in [1.82, 2.24) is 0 Å². The maximum Gasteiger partial charge on any atom is 0.345 e. The quantitative estimate of drug-likeness (QED) is 0.199. The molecule has 0 fully saturated rings. The van der Waals surface area contributed by atoms with E-state index in [1.54, 1.807) is 0 Å². The molecule has 0 aliphatic heterocycles. The summed E-state index contributed by atoms with van der Waals surface area (Å²) in [5, 5.41) is 12.8. The fourth-order valence-electron chi connectivity index (χ4n) is 2.93. The third kappa shape index (κ3) is 3.67. The van der Waals surface area contributed by atoms with Crippen LogP contribution in [0.3, 0.4) is 0 Å². The average Bonchev–Trinajstić information content (AvgIpc) is 2.58.